The quantitative estimate of drug-likeness (QED) is 0.647. The number of benzene rings is 1. The maximum Gasteiger partial charge on any atom is 0.240 e. The molecule has 2 N–H and O–H groups in total. The third kappa shape index (κ3) is 6.00. The topological polar surface area (TPSA) is 71.1 Å². The van der Waals surface area contributed by atoms with Gasteiger partial charge in [0.25, 0.3) is 0 Å². The largest absolute Gasteiger partial charge is 0.381 e. The molecule has 0 fully saturated rings. The normalized spacial score (nSPS) is 12.2. The second-order valence-electron chi connectivity index (χ2n) is 6.33. The lowest BCUT2D eigenvalue weighted by Crippen LogP contribution is -2.26. The van der Waals surface area contributed by atoms with Crippen molar-refractivity contribution in [1.29, 1.82) is 0 Å². The van der Waals surface area contributed by atoms with E-state index < -0.39 is 21.5 Å². The summed E-state index contributed by atoms with van der Waals surface area (Å²) in [5.41, 5.74) is -0.417. The number of alkyl halides is 1. The zero-order valence-electron chi connectivity index (χ0n) is 14.4. The SMILES string of the molecule is CC(C)(F)CNc1ccc(S(=O)(=O)NCCc2ccncc2F)cc1Br. The molecule has 26 heavy (non-hydrogen) atoms. The molecule has 0 saturated heterocycles. The summed E-state index contributed by atoms with van der Waals surface area (Å²) in [6.45, 7) is 3.04. The maximum atomic E-state index is 13.6. The summed E-state index contributed by atoms with van der Waals surface area (Å²) >= 11 is 3.29. The van der Waals surface area contributed by atoms with Gasteiger partial charge in [-0.25, -0.2) is 21.9 Å². The molecule has 1 aromatic carbocycles. The molecule has 1 aromatic heterocycles. The number of hydrogen-bond donors (Lipinski definition) is 2. The minimum atomic E-state index is -3.75. The van der Waals surface area contributed by atoms with Crippen LogP contribution in [0.25, 0.3) is 0 Å². The highest BCUT2D eigenvalue weighted by atomic mass is 79.9. The Morgan fingerprint density at radius 2 is 2.00 bits per heavy atom. The van der Waals surface area contributed by atoms with Crippen molar-refractivity contribution in [3.05, 3.63) is 52.5 Å². The lowest BCUT2D eigenvalue weighted by molar-refractivity contribution is 0.235. The summed E-state index contributed by atoms with van der Waals surface area (Å²) in [6, 6.07) is 5.93. The van der Waals surface area contributed by atoms with E-state index in [0.717, 1.165) is 6.20 Å². The molecule has 0 spiro atoms. The zero-order valence-corrected chi connectivity index (χ0v) is 16.8. The van der Waals surface area contributed by atoms with Gasteiger partial charge in [-0.05, 0) is 66.0 Å². The van der Waals surface area contributed by atoms with E-state index in [2.05, 4.69) is 31.0 Å². The van der Waals surface area contributed by atoms with E-state index in [4.69, 9.17) is 0 Å². The van der Waals surface area contributed by atoms with Crippen molar-refractivity contribution in [1.82, 2.24) is 9.71 Å². The van der Waals surface area contributed by atoms with Crippen molar-refractivity contribution >= 4 is 31.6 Å². The summed E-state index contributed by atoms with van der Waals surface area (Å²) in [6.07, 6.45) is 2.75. The first-order chi connectivity index (χ1) is 12.1. The molecule has 0 radical (unpaired) electrons. The molecule has 0 atom stereocenters. The van der Waals surface area contributed by atoms with Gasteiger partial charge >= 0.3 is 0 Å². The van der Waals surface area contributed by atoms with Crippen LogP contribution in [0, 0.1) is 5.82 Å². The van der Waals surface area contributed by atoms with E-state index in [0.29, 0.717) is 15.7 Å². The molecule has 1 heterocycles. The number of halogens is 3. The molecular weight excluding hydrogens is 428 g/mol. The molecule has 0 aliphatic rings. The van der Waals surface area contributed by atoms with Crippen LogP contribution in [0.5, 0.6) is 0 Å². The monoisotopic (exact) mass is 447 g/mol. The summed E-state index contributed by atoms with van der Waals surface area (Å²) in [5, 5.41) is 2.92. The minimum absolute atomic E-state index is 0.0525. The first-order valence-corrected chi connectivity index (χ1v) is 10.2. The van der Waals surface area contributed by atoms with Crippen LogP contribution in [0.1, 0.15) is 19.4 Å². The van der Waals surface area contributed by atoms with Crippen molar-refractivity contribution in [3.8, 4) is 0 Å². The molecule has 9 heteroatoms. The van der Waals surface area contributed by atoms with E-state index >= 15 is 0 Å². The third-order valence-electron chi connectivity index (χ3n) is 3.49. The summed E-state index contributed by atoms with van der Waals surface area (Å²) in [7, 11) is -3.75. The highest BCUT2D eigenvalue weighted by Gasteiger charge is 2.18. The summed E-state index contributed by atoms with van der Waals surface area (Å²) < 4.78 is 54.8. The fraction of sp³-hybridized carbons (Fsp3) is 0.353. The van der Waals surface area contributed by atoms with Crippen molar-refractivity contribution in [2.45, 2.75) is 30.8 Å². The molecule has 0 amide bonds. The Hall–Kier alpha value is -1.58. The van der Waals surface area contributed by atoms with Gasteiger partial charge in [-0.1, -0.05) is 0 Å². The minimum Gasteiger partial charge on any atom is -0.381 e. The van der Waals surface area contributed by atoms with E-state index in [9.17, 15) is 17.2 Å². The second-order valence-corrected chi connectivity index (χ2v) is 8.95. The van der Waals surface area contributed by atoms with E-state index in [1.165, 1.54) is 38.2 Å². The van der Waals surface area contributed by atoms with Gasteiger partial charge in [-0.2, -0.15) is 0 Å². The predicted octanol–water partition coefficient (Wildman–Crippen LogP) is 3.66. The molecule has 142 valence electrons. The molecular formula is C17H20BrF2N3O2S. The molecule has 5 nitrogen and oxygen atoms in total. The molecule has 0 aliphatic heterocycles. The lowest BCUT2D eigenvalue weighted by Gasteiger charge is -2.17. The number of aromatic nitrogens is 1. The average molecular weight is 448 g/mol. The van der Waals surface area contributed by atoms with Gasteiger partial charge in [0.05, 0.1) is 11.1 Å². The molecule has 0 aliphatic carbocycles. The molecule has 0 unspecified atom stereocenters. The number of hydrogen-bond acceptors (Lipinski definition) is 4. The number of pyridine rings is 1. The Kier molecular flexibility index (Phi) is 6.70. The van der Waals surface area contributed by atoms with Crippen LogP contribution < -0.4 is 10.0 Å². The van der Waals surface area contributed by atoms with Gasteiger partial charge in [0, 0.05) is 29.4 Å². The van der Waals surface area contributed by atoms with Crippen LogP contribution >= 0.6 is 15.9 Å². The van der Waals surface area contributed by atoms with Crippen LogP contribution in [0.2, 0.25) is 0 Å². The molecule has 0 bridgehead atoms. The van der Waals surface area contributed by atoms with Crippen LogP contribution in [0.3, 0.4) is 0 Å². The van der Waals surface area contributed by atoms with Crippen LogP contribution in [0.15, 0.2) is 46.0 Å². The average Bonchev–Trinajstić information content (AvgIpc) is 2.54. The highest BCUT2D eigenvalue weighted by molar-refractivity contribution is 9.10. The van der Waals surface area contributed by atoms with Crippen molar-refractivity contribution in [2.75, 3.05) is 18.4 Å². The van der Waals surface area contributed by atoms with Gasteiger partial charge in [0.1, 0.15) is 11.5 Å². The molecule has 0 saturated carbocycles. The number of nitrogens with zero attached hydrogens (tertiary/aromatic N) is 1. The van der Waals surface area contributed by atoms with Crippen molar-refractivity contribution < 1.29 is 17.2 Å². The van der Waals surface area contributed by atoms with Crippen LogP contribution in [-0.4, -0.2) is 32.2 Å². The van der Waals surface area contributed by atoms with E-state index in [1.807, 2.05) is 0 Å². The Morgan fingerprint density at radius 3 is 2.62 bits per heavy atom. The fourth-order valence-corrected chi connectivity index (χ4v) is 3.85. The van der Waals surface area contributed by atoms with E-state index in [1.54, 1.807) is 6.07 Å². The Labute approximate surface area is 160 Å². The predicted molar refractivity (Wildman–Crippen MR) is 101 cm³/mol. The van der Waals surface area contributed by atoms with Gasteiger partial charge < -0.3 is 5.32 Å². The number of anilines is 1. The van der Waals surface area contributed by atoms with Gasteiger partial charge in [-0.15, -0.1) is 0 Å². The Morgan fingerprint density at radius 1 is 1.27 bits per heavy atom. The standard InChI is InChI=1S/C17H20BrF2N3O2S/c1-17(2,20)11-22-16-4-3-13(9-14(16)18)26(24,25)23-8-6-12-5-7-21-10-15(12)19/h3-5,7,9-10,22-23H,6,8,11H2,1-2H3. The zero-order chi connectivity index (χ0) is 19.4. The van der Waals surface area contributed by atoms with Crippen LogP contribution in [-0.2, 0) is 16.4 Å². The second kappa shape index (κ2) is 8.41. The smallest absolute Gasteiger partial charge is 0.240 e. The van der Waals surface area contributed by atoms with Gasteiger partial charge in [0.15, 0.2) is 0 Å². The lowest BCUT2D eigenvalue weighted by atomic mass is 10.1. The first-order valence-electron chi connectivity index (χ1n) is 7.89. The fourth-order valence-electron chi connectivity index (χ4n) is 2.12. The Bertz CT molecular complexity index is 871. The molecule has 2 aromatic rings. The molecule has 2 rings (SSSR count). The third-order valence-corrected chi connectivity index (χ3v) is 5.61. The summed E-state index contributed by atoms with van der Waals surface area (Å²) in [5.74, 6) is -0.472. The summed E-state index contributed by atoms with van der Waals surface area (Å²) in [4.78, 5) is 3.71. The number of rotatable bonds is 8. The maximum absolute atomic E-state index is 13.6. The first kappa shape index (κ1) is 20.7. The Balaban J connectivity index is 2.02. The van der Waals surface area contributed by atoms with Gasteiger partial charge in [-0.3, -0.25) is 4.98 Å². The van der Waals surface area contributed by atoms with E-state index in [-0.39, 0.29) is 24.4 Å². The number of sulfonamides is 1. The van der Waals surface area contributed by atoms with Crippen LogP contribution in [0.4, 0.5) is 14.5 Å². The number of nitrogens with one attached hydrogen (secondary N) is 2. The van der Waals surface area contributed by atoms with Gasteiger partial charge in [0.2, 0.25) is 10.0 Å². The van der Waals surface area contributed by atoms with Crippen molar-refractivity contribution in [3.63, 3.8) is 0 Å². The van der Waals surface area contributed by atoms with Crippen molar-refractivity contribution in [2.24, 2.45) is 0 Å². The highest BCUT2D eigenvalue weighted by Crippen LogP contribution is 2.26.